The second-order valence-corrected chi connectivity index (χ2v) is 8.14. The molecule has 0 atom stereocenters. The van der Waals surface area contributed by atoms with Crippen LogP contribution >= 0.6 is 31.9 Å². The number of amides is 2. The van der Waals surface area contributed by atoms with Crippen LogP contribution in [-0.4, -0.2) is 47.8 Å². The van der Waals surface area contributed by atoms with Crippen LogP contribution in [0.3, 0.4) is 0 Å². The highest BCUT2D eigenvalue weighted by atomic mass is 79.9. The molecule has 5 nitrogen and oxygen atoms in total. The zero-order valence-corrected chi connectivity index (χ0v) is 17.8. The number of ether oxygens (including phenoxy) is 1. The van der Waals surface area contributed by atoms with Gasteiger partial charge < -0.3 is 15.4 Å². The second-order valence-electron chi connectivity index (χ2n) is 7.02. The van der Waals surface area contributed by atoms with E-state index in [-0.39, 0.29) is 22.8 Å². The molecule has 0 saturated heterocycles. The third kappa shape index (κ3) is 12.9. The van der Waals surface area contributed by atoms with E-state index < -0.39 is 0 Å². The average molecular weight is 458 g/mol. The lowest BCUT2D eigenvalue weighted by molar-refractivity contribution is -0.119. The Balaban J connectivity index is 3.94. The Hall–Kier alpha value is -0.140. The van der Waals surface area contributed by atoms with Crippen LogP contribution in [0.4, 0.5) is 0 Å². The van der Waals surface area contributed by atoms with E-state index in [9.17, 15) is 9.59 Å². The highest BCUT2D eigenvalue weighted by molar-refractivity contribution is 9.09. The molecule has 7 heteroatoms. The molecule has 0 bridgehead atoms. The Morgan fingerprint density at radius 1 is 0.957 bits per heavy atom. The maximum Gasteiger partial charge on any atom is 0.230 e. The molecule has 0 radical (unpaired) electrons. The van der Waals surface area contributed by atoms with Gasteiger partial charge in [-0.15, -0.1) is 0 Å². The van der Waals surface area contributed by atoms with E-state index >= 15 is 0 Å². The molecule has 0 aromatic heterocycles. The van der Waals surface area contributed by atoms with Gasteiger partial charge in [-0.05, 0) is 38.5 Å². The van der Waals surface area contributed by atoms with E-state index in [1.807, 2.05) is 0 Å². The van der Waals surface area contributed by atoms with Crippen molar-refractivity contribution in [1.82, 2.24) is 10.6 Å². The van der Waals surface area contributed by atoms with Crippen molar-refractivity contribution in [1.29, 1.82) is 0 Å². The van der Waals surface area contributed by atoms with Crippen molar-refractivity contribution in [3.8, 4) is 0 Å². The molecule has 23 heavy (non-hydrogen) atoms. The minimum absolute atomic E-state index is 0.00222. The monoisotopic (exact) mass is 456 g/mol. The van der Waals surface area contributed by atoms with Gasteiger partial charge in [-0.1, -0.05) is 45.7 Å². The number of hydrogen-bond donors (Lipinski definition) is 2. The Kier molecular flexibility index (Phi) is 11.4. The van der Waals surface area contributed by atoms with Crippen LogP contribution in [-0.2, 0) is 14.3 Å². The standard InChI is InChI=1S/C16H30Br2N2O3/c1-15(2,12-20-14(22)11-18)7-9-23-16(3,4)6-5-8-19-13(21)10-17/h5-12H2,1-4H3,(H,19,21)(H,20,22). The maximum absolute atomic E-state index is 11.3. The van der Waals surface area contributed by atoms with Crippen LogP contribution in [0.2, 0.25) is 0 Å². The highest BCUT2D eigenvalue weighted by Gasteiger charge is 2.22. The van der Waals surface area contributed by atoms with Gasteiger partial charge in [0.25, 0.3) is 0 Å². The summed E-state index contributed by atoms with van der Waals surface area (Å²) in [6.07, 6.45) is 2.64. The lowest BCUT2D eigenvalue weighted by Crippen LogP contribution is -2.36. The number of hydrogen-bond acceptors (Lipinski definition) is 3. The number of carbonyl (C=O) groups is 2. The zero-order chi connectivity index (χ0) is 17.9. The normalized spacial score (nSPS) is 12.1. The van der Waals surface area contributed by atoms with Crippen molar-refractivity contribution in [3.63, 3.8) is 0 Å². The summed E-state index contributed by atoms with van der Waals surface area (Å²) >= 11 is 6.26. The first-order valence-electron chi connectivity index (χ1n) is 7.91. The van der Waals surface area contributed by atoms with Gasteiger partial charge >= 0.3 is 0 Å². The van der Waals surface area contributed by atoms with E-state index in [4.69, 9.17) is 4.74 Å². The first-order chi connectivity index (χ1) is 10.6. The topological polar surface area (TPSA) is 67.4 Å². The molecular formula is C16H30Br2N2O3. The summed E-state index contributed by atoms with van der Waals surface area (Å²) in [6, 6.07) is 0. The summed E-state index contributed by atoms with van der Waals surface area (Å²) in [5.74, 6) is 0.0147. The summed E-state index contributed by atoms with van der Waals surface area (Å²) < 4.78 is 5.99. The van der Waals surface area contributed by atoms with Crippen molar-refractivity contribution >= 4 is 43.7 Å². The third-order valence-corrected chi connectivity index (χ3v) is 4.57. The van der Waals surface area contributed by atoms with Crippen molar-refractivity contribution < 1.29 is 14.3 Å². The molecule has 0 saturated carbocycles. The summed E-state index contributed by atoms with van der Waals surface area (Å²) in [7, 11) is 0. The zero-order valence-electron chi connectivity index (χ0n) is 14.6. The molecule has 0 aliphatic heterocycles. The fraction of sp³-hybridized carbons (Fsp3) is 0.875. The lowest BCUT2D eigenvalue weighted by Gasteiger charge is -2.29. The fourth-order valence-corrected chi connectivity index (χ4v) is 2.33. The largest absolute Gasteiger partial charge is 0.376 e. The van der Waals surface area contributed by atoms with Crippen LogP contribution in [0, 0.1) is 5.41 Å². The first-order valence-corrected chi connectivity index (χ1v) is 10.2. The van der Waals surface area contributed by atoms with Gasteiger partial charge in [0.15, 0.2) is 0 Å². The van der Waals surface area contributed by atoms with E-state index in [0.29, 0.717) is 30.4 Å². The predicted octanol–water partition coefficient (Wildman–Crippen LogP) is 3.00. The van der Waals surface area contributed by atoms with Crippen molar-refractivity contribution in [3.05, 3.63) is 0 Å². The summed E-state index contributed by atoms with van der Waals surface area (Å²) in [4.78, 5) is 22.4. The molecule has 0 aromatic carbocycles. The third-order valence-electron chi connectivity index (χ3n) is 3.56. The minimum atomic E-state index is -0.214. The van der Waals surface area contributed by atoms with E-state index in [1.165, 1.54) is 0 Å². The molecule has 0 rings (SSSR count). The molecule has 0 spiro atoms. The van der Waals surface area contributed by atoms with Crippen LogP contribution in [0.25, 0.3) is 0 Å². The van der Waals surface area contributed by atoms with E-state index in [0.717, 1.165) is 19.3 Å². The Labute approximate surface area is 156 Å². The molecule has 0 aliphatic carbocycles. The van der Waals surface area contributed by atoms with Gasteiger partial charge in [0, 0.05) is 19.7 Å². The SMILES string of the molecule is CC(C)(CCOC(C)(C)CCCNC(=O)CBr)CNC(=O)CBr. The molecule has 0 fully saturated rings. The number of halogens is 2. The van der Waals surface area contributed by atoms with Crippen molar-refractivity contribution in [2.24, 2.45) is 5.41 Å². The molecule has 2 N–H and O–H groups in total. The summed E-state index contributed by atoms with van der Waals surface area (Å²) in [5, 5.41) is 6.40. The van der Waals surface area contributed by atoms with Crippen LogP contribution in [0.1, 0.15) is 47.0 Å². The summed E-state index contributed by atoms with van der Waals surface area (Å²) in [6.45, 7) is 10.3. The molecule has 136 valence electrons. The smallest absolute Gasteiger partial charge is 0.230 e. The van der Waals surface area contributed by atoms with Gasteiger partial charge in [-0.25, -0.2) is 0 Å². The maximum atomic E-state index is 11.3. The molecule has 0 heterocycles. The molecular weight excluding hydrogens is 428 g/mol. The number of carbonyl (C=O) groups excluding carboxylic acids is 2. The number of rotatable bonds is 12. The van der Waals surface area contributed by atoms with Crippen LogP contribution in [0.15, 0.2) is 0 Å². The van der Waals surface area contributed by atoms with Gasteiger partial charge in [0.2, 0.25) is 11.8 Å². The highest BCUT2D eigenvalue weighted by Crippen LogP contribution is 2.22. The van der Waals surface area contributed by atoms with E-state index in [2.05, 4.69) is 70.2 Å². The second kappa shape index (κ2) is 11.4. The predicted molar refractivity (Wildman–Crippen MR) is 101 cm³/mol. The van der Waals surface area contributed by atoms with Crippen molar-refractivity contribution in [2.45, 2.75) is 52.6 Å². The quantitative estimate of drug-likeness (QED) is 0.349. The molecule has 0 unspecified atom stereocenters. The minimum Gasteiger partial charge on any atom is -0.376 e. The number of nitrogens with one attached hydrogen (secondary N) is 2. The van der Waals surface area contributed by atoms with Crippen LogP contribution in [0.5, 0.6) is 0 Å². The van der Waals surface area contributed by atoms with Gasteiger partial charge in [0.1, 0.15) is 0 Å². The molecule has 0 aromatic rings. The number of alkyl halides is 2. The molecule has 2 amide bonds. The van der Waals surface area contributed by atoms with Gasteiger partial charge in [-0.2, -0.15) is 0 Å². The lowest BCUT2D eigenvalue weighted by atomic mass is 9.89. The first kappa shape index (κ1) is 22.9. The Morgan fingerprint density at radius 3 is 2.09 bits per heavy atom. The van der Waals surface area contributed by atoms with Crippen LogP contribution < -0.4 is 10.6 Å². The molecule has 0 aliphatic rings. The Bertz CT molecular complexity index is 374. The van der Waals surface area contributed by atoms with E-state index in [1.54, 1.807) is 0 Å². The Morgan fingerprint density at radius 2 is 1.52 bits per heavy atom. The fourth-order valence-electron chi connectivity index (χ4n) is 1.94. The van der Waals surface area contributed by atoms with Crippen molar-refractivity contribution in [2.75, 3.05) is 30.4 Å². The average Bonchev–Trinajstić information content (AvgIpc) is 2.48. The van der Waals surface area contributed by atoms with Gasteiger partial charge in [0.05, 0.1) is 16.3 Å². The summed E-state index contributed by atoms with van der Waals surface area (Å²) in [5.41, 5.74) is -0.216. The van der Waals surface area contributed by atoms with Gasteiger partial charge in [-0.3, -0.25) is 9.59 Å².